The molecule has 0 heterocycles. The first-order valence-electron chi connectivity index (χ1n) is 27.6. The first kappa shape index (κ1) is 56.7. The lowest BCUT2D eigenvalue weighted by Crippen LogP contribution is -2.53. The van der Waals surface area contributed by atoms with Crippen LogP contribution in [-0.4, -0.2) is 32.3 Å². The summed E-state index contributed by atoms with van der Waals surface area (Å²) in [6, 6.07) is 61.4. The maximum Gasteiger partial charge on any atom is 0.173 e. The van der Waals surface area contributed by atoms with Crippen molar-refractivity contribution < 1.29 is 0 Å². The molecule has 0 unspecified atom stereocenters. The molecule has 0 aliphatic rings. The Labute approximate surface area is 425 Å². The molecule has 0 aromatic heterocycles. The van der Waals surface area contributed by atoms with Crippen LogP contribution in [-0.2, 0) is 6.54 Å². The van der Waals surface area contributed by atoms with Crippen molar-refractivity contribution in [2.75, 3.05) is 0 Å². The summed E-state index contributed by atoms with van der Waals surface area (Å²) in [5.41, 5.74) is 1.37. The number of nitrogens with one attached hydrogen (secondary N) is 1. The van der Waals surface area contributed by atoms with Gasteiger partial charge in [-0.15, -0.1) is 0 Å². The Morgan fingerprint density at radius 3 is 1.00 bits per heavy atom. The number of hydrogen-bond acceptors (Lipinski definition) is 1. The van der Waals surface area contributed by atoms with Crippen molar-refractivity contribution in [2.45, 2.75) is 201 Å². The molecule has 0 fully saturated rings. The van der Waals surface area contributed by atoms with Gasteiger partial charge in [-0.05, 0) is 40.2 Å². The average molecular weight is 1020 g/mol. The fourth-order valence-corrected chi connectivity index (χ4v) is 39.2. The second-order valence-electron chi connectivity index (χ2n) is 22.6. The third-order valence-corrected chi connectivity index (χ3v) is 40.7. The van der Waals surface area contributed by atoms with Crippen molar-refractivity contribution in [2.24, 2.45) is 0 Å². The summed E-state index contributed by atoms with van der Waals surface area (Å²) in [5.74, 6) is 0. The minimum atomic E-state index is -2.49. The van der Waals surface area contributed by atoms with Gasteiger partial charge in [-0.2, -0.15) is 5.09 Å². The van der Waals surface area contributed by atoms with E-state index in [9.17, 15) is 0 Å². The summed E-state index contributed by atoms with van der Waals surface area (Å²) in [5, 5.41) is 17.8. The van der Waals surface area contributed by atoms with Gasteiger partial charge in [-0.25, -0.2) is 0 Å². The Balaban J connectivity index is 1.98. The highest BCUT2D eigenvalue weighted by molar-refractivity contribution is 8.49. The molecule has 5 rings (SSSR count). The molecular formula is C61H96NP2Si4+. The second-order valence-corrected chi connectivity index (χ2v) is 49.1. The van der Waals surface area contributed by atoms with Crippen LogP contribution in [0.5, 0.6) is 0 Å². The summed E-state index contributed by atoms with van der Waals surface area (Å²) in [4.78, 5) is 0. The fraction of sp³-hybridized carbons (Fsp3) is 0.508. The number of unbranched alkanes of at least 4 members (excludes halogenated alkanes) is 6. The van der Waals surface area contributed by atoms with Gasteiger partial charge in [-0.3, -0.25) is 0 Å². The summed E-state index contributed by atoms with van der Waals surface area (Å²) in [7, 11) is -10.6. The zero-order valence-electron chi connectivity index (χ0n) is 45.5. The van der Waals surface area contributed by atoms with Gasteiger partial charge in [0.05, 0.1) is 38.8 Å². The molecular weight excluding hydrogens is 921 g/mol. The number of rotatable bonds is 30. The predicted molar refractivity (Wildman–Crippen MR) is 326 cm³/mol. The van der Waals surface area contributed by atoms with Crippen LogP contribution in [0.1, 0.15) is 124 Å². The van der Waals surface area contributed by atoms with Crippen LogP contribution in [0, 0.1) is 0 Å². The van der Waals surface area contributed by atoms with E-state index in [2.05, 4.69) is 208 Å². The van der Waals surface area contributed by atoms with Crippen molar-refractivity contribution in [1.82, 2.24) is 5.09 Å². The van der Waals surface area contributed by atoms with E-state index < -0.39 is 47.0 Å². The zero-order valence-corrected chi connectivity index (χ0v) is 51.2. The molecule has 370 valence electrons. The van der Waals surface area contributed by atoms with Crippen molar-refractivity contribution >= 4 is 89.0 Å². The van der Waals surface area contributed by atoms with E-state index in [1.165, 1.54) is 119 Å². The summed E-state index contributed by atoms with van der Waals surface area (Å²) in [6.45, 7) is 30.8. The summed E-state index contributed by atoms with van der Waals surface area (Å²) in [6.07, 6.45) is 15.9. The third-order valence-electron chi connectivity index (χ3n) is 15.3. The van der Waals surface area contributed by atoms with E-state index in [0.717, 1.165) is 6.54 Å². The average Bonchev–Trinajstić information content (AvgIpc) is 3.35. The quantitative estimate of drug-likeness (QED) is 0.0357. The highest BCUT2D eigenvalue weighted by Crippen LogP contribution is 2.78. The van der Waals surface area contributed by atoms with Gasteiger partial charge in [0, 0.05) is 10.6 Å². The minimum Gasteiger partial charge on any atom is -0.176 e. The highest BCUT2D eigenvalue weighted by atomic mass is 32.1. The van der Waals surface area contributed by atoms with Crippen LogP contribution >= 0.6 is 14.7 Å². The molecule has 7 heteroatoms. The van der Waals surface area contributed by atoms with Crippen molar-refractivity contribution in [3.63, 3.8) is 0 Å². The van der Waals surface area contributed by atoms with Gasteiger partial charge >= 0.3 is 0 Å². The Bertz CT molecular complexity index is 2030. The number of hydrogen-bond donors (Lipinski definition) is 1. The van der Waals surface area contributed by atoms with Crippen LogP contribution in [0.3, 0.4) is 0 Å². The van der Waals surface area contributed by atoms with Crippen molar-refractivity contribution in [3.05, 3.63) is 133 Å². The molecule has 0 amide bonds. The van der Waals surface area contributed by atoms with Crippen LogP contribution in [0.25, 0.3) is 0 Å². The van der Waals surface area contributed by atoms with Crippen LogP contribution < -0.4 is 47.1 Å². The monoisotopic (exact) mass is 1020 g/mol. The van der Waals surface area contributed by atoms with Gasteiger partial charge in [0.15, 0.2) is 7.10 Å². The molecule has 0 bridgehead atoms. The number of benzene rings is 5. The molecule has 0 saturated heterocycles. The van der Waals surface area contributed by atoms with E-state index in [1.807, 2.05) is 0 Å². The lowest BCUT2D eigenvalue weighted by molar-refractivity contribution is 0.800. The lowest BCUT2D eigenvalue weighted by atomic mass is 10.2. The molecule has 1 N–H and O–H groups in total. The standard InChI is InChI=1S/C61H96NP2Si4/c1-13-19-46-67(47-20-14-2,48-21-15-3)56-42-38-54(39-43-56)64(62-52-53-32-26-25-27-33-53,55-40-44-57(45-41-55)68(49-22-16-4,50-23-17-5)51-24-18-6)63(58-34-28-30-36-60(58)65(7,8)9)59-35-29-31-37-61(59)66(10,11)12/h25-45,62H,13-24,46-52H2,1-12H3/q+1. The Morgan fingerprint density at radius 2 is 0.691 bits per heavy atom. The van der Waals surface area contributed by atoms with E-state index in [4.69, 9.17) is 5.09 Å². The molecule has 0 spiro atoms. The smallest absolute Gasteiger partial charge is 0.173 e. The normalized spacial score (nSPS) is 12.8. The van der Waals surface area contributed by atoms with Crippen LogP contribution in [0.4, 0.5) is 0 Å². The van der Waals surface area contributed by atoms with E-state index >= 15 is 0 Å². The van der Waals surface area contributed by atoms with Crippen molar-refractivity contribution in [1.29, 1.82) is 0 Å². The Morgan fingerprint density at radius 1 is 0.382 bits per heavy atom. The van der Waals surface area contributed by atoms with Crippen LogP contribution in [0.2, 0.25) is 75.5 Å². The largest absolute Gasteiger partial charge is 0.176 e. The summed E-state index contributed by atoms with van der Waals surface area (Å²) >= 11 is 0. The first-order chi connectivity index (χ1) is 32.7. The molecule has 0 radical (unpaired) electrons. The van der Waals surface area contributed by atoms with Gasteiger partial charge in [0.1, 0.15) is 18.2 Å². The second kappa shape index (κ2) is 27.0. The SMILES string of the molecule is CCCC[Si](CCCC)(CCCC)c1ccc([P+](NCc2ccccc2)(c2ccc([Si](CCCC)(CCCC)CCCC)cc2)P(c2ccccc2[Si](C)(C)C)c2ccccc2[Si](C)(C)C)cc1. The third kappa shape index (κ3) is 14.0. The van der Waals surface area contributed by atoms with Gasteiger partial charge in [-0.1, -0.05) is 308 Å². The predicted octanol–water partition coefficient (Wildman–Crippen LogP) is 15.6. The topological polar surface area (TPSA) is 12.0 Å². The fourth-order valence-electron chi connectivity index (χ4n) is 11.2. The Hall–Kier alpha value is -2.21. The molecule has 0 aliphatic heterocycles. The molecule has 0 atom stereocenters. The lowest BCUT2D eigenvalue weighted by Gasteiger charge is -2.39. The van der Waals surface area contributed by atoms with E-state index in [1.54, 1.807) is 42.0 Å². The van der Waals surface area contributed by atoms with Crippen LogP contribution in [0.15, 0.2) is 127 Å². The molecule has 0 saturated carbocycles. The zero-order chi connectivity index (χ0) is 49.3. The van der Waals surface area contributed by atoms with E-state index in [-0.39, 0.29) is 0 Å². The van der Waals surface area contributed by atoms with Crippen molar-refractivity contribution in [3.8, 4) is 0 Å². The highest BCUT2D eigenvalue weighted by Gasteiger charge is 2.55. The van der Waals surface area contributed by atoms with Gasteiger partial charge in [0.2, 0.25) is 0 Å². The molecule has 1 nitrogen and oxygen atoms in total. The Kier molecular flexibility index (Phi) is 22.5. The molecule has 0 aliphatic carbocycles. The maximum atomic E-state index is 4.75. The van der Waals surface area contributed by atoms with Gasteiger partial charge < -0.3 is 0 Å². The molecule has 68 heavy (non-hydrogen) atoms. The summed E-state index contributed by atoms with van der Waals surface area (Å²) < 4.78 is 0. The van der Waals surface area contributed by atoms with E-state index in [0.29, 0.717) is 0 Å². The first-order valence-corrected chi connectivity index (χ1v) is 43.7. The maximum absolute atomic E-state index is 4.75. The molecule has 5 aromatic rings. The van der Waals surface area contributed by atoms with Gasteiger partial charge in [0.25, 0.3) is 0 Å². The minimum absolute atomic E-state index is 0.839. The molecule has 5 aromatic carbocycles.